The lowest BCUT2D eigenvalue weighted by Crippen LogP contribution is -2.20. The van der Waals surface area contributed by atoms with E-state index in [0.29, 0.717) is 37.4 Å². The summed E-state index contributed by atoms with van der Waals surface area (Å²) in [5, 5.41) is 20.0. The van der Waals surface area contributed by atoms with Gasteiger partial charge in [0.15, 0.2) is 11.5 Å². The number of benzene rings is 1. The van der Waals surface area contributed by atoms with Gasteiger partial charge in [-0.3, -0.25) is 0 Å². The number of allylic oxidation sites excluding steroid dienone is 1. The van der Waals surface area contributed by atoms with Gasteiger partial charge < -0.3 is 19.7 Å². The average Bonchev–Trinajstić information content (AvgIpc) is 2.78. The number of hydrogen-bond acceptors (Lipinski definition) is 4. The number of phenolic OH excluding ortho intramolecular Hbond substituents is 2. The fourth-order valence-electron chi connectivity index (χ4n) is 2.26. The first-order chi connectivity index (χ1) is 9.17. The van der Waals surface area contributed by atoms with Gasteiger partial charge in [0.05, 0.1) is 6.61 Å². The number of aromatic hydroxyl groups is 2. The first-order valence-corrected chi connectivity index (χ1v) is 6.59. The molecule has 1 aliphatic heterocycles. The van der Waals surface area contributed by atoms with Crippen LogP contribution >= 0.6 is 0 Å². The van der Waals surface area contributed by atoms with Crippen molar-refractivity contribution < 1.29 is 19.7 Å². The maximum Gasteiger partial charge on any atom is 0.165 e. The minimum atomic E-state index is -0.0918. The molecule has 2 rings (SSSR count). The summed E-state index contributed by atoms with van der Waals surface area (Å²) < 4.78 is 11.2. The molecule has 0 saturated carbocycles. The molecular formula is C15H20O4. The van der Waals surface area contributed by atoms with Crippen LogP contribution in [0.5, 0.6) is 17.2 Å². The van der Waals surface area contributed by atoms with Gasteiger partial charge in [-0.05, 0) is 18.9 Å². The Balaban J connectivity index is 2.14. The second kappa shape index (κ2) is 5.97. The monoisotopic (exact) mass is 264 g/mol. The molecule has 0 saturated heterocycles. The van der Waals surface area contributed by atoms with Crippen LogP contribution in [0.15, 0.2) is 18.7 Å². The molecule has 19 heavy (non-hydrogen) atoms. The molecule has 0 bridgehead atoms. The maximum absolute atomic E-state index is 10.1. The normalized spacial score (nSPS) is 17.0. The van der Waals surface area contributed by atoms with Crippen molar-refractivity contribution in [1.29, 1.82) is 0 Å². The van der Waals surface area contributed by atoms with Crippen LogP contribution in [0, 0.1) is 0 Å². The van der Waals surface area contributed by atoms with Gasteiger partial charge in [0.25, 0.3) is 0 Å². The molecule has 1 atom stereocenters. The number of ether oxygens (including phenoxy) is 2. The van der Waals surface area contributed by atoms with E-state index in [-0.39, 0.29) is 17.6 Å². The molecule has 4 heteroatoms. The summed E-state index contributed by atoms with van der Waals surface area (Å²) in [4.78, 5) is 0. The Kier molecular flexibility index (Phi) is 4.32. The van der Waals surface area contributed by atoms with Crippen molar-refractivity contribution in [2.24, 2.45) is 0 Å². The lowest BCUT2D eigenvalue weighted by molar-refractivity contribution is 0.0599. The van der Waals surface area contributed by atoms with Crippen molar-refractivity contribution in [3.63, 3.8) is 0 Å². The van der Waals surface area contributed by atoms with Gasteiger partial charge in [0, 0.05) is 24.2 Å². The Bertz CT molecular complexity index is 468. The van der Waals surface area contributed by atoms with Crippen LogP contribution in [0.4, 0.5) is 0 Å². The molecule has 0 aromatic heterocycles. The largest absolute Gasteiger partial charge is 0.508 e. The van der Waals surface area contributed by atoms with Crippen LogP contribution in [-0.4, -0.2) is 29.5 Å². The van der Waals surface area contributed by atoms with Gasteiger partial charge in [0.1, 0.15) is 11.9 Å². The van der Waals surface area contributed by atoms with E-state index in [2.05, 4.69) is 13.5 Å². The van der Waals surface area contributed by atoms with Crippen LogP contribution in [0.3, 0.4) is 0 Å². The minimum Gasteiger partial charge on any atom is -0.508 e. The van der Waals surface area contributed by atoms with E-state index in [1.807, 2.05) is 0 Å². The number of rotatable bonds is 6. The Morgan fingerprint density at radius 2 is 2.32 bits per heavy atom. The van der Waals surface area contributed by atoms with Gasteiger partial charge in [-0.2, -0.15) is 0 Å². The first kappa shape index (κ1) is 13.7. The van der Waals surface area contributed by atoms with Crippen LogP contribution in [0.2, 0.25) is 0 Å². The van der Waals surface area contributed by atoms with Crippen molar-refractivity contribution in [2.75, 3.05) is 13.2 Å². The predicted octanol–water partition coefficient (Wildman–Crippen LogP) is 2.56. The Labute approximate surface area is 113 Å². The van der Waals surface area contributed by atoms with Crippen molar-refractivity contribution in [3.05, 3.63) is 29.8 Å². The van der Waals surface area contributed by atoms with Crippen molar-refractivity contribution in [3.8, 4) is 17.2 Å². The summed E-state index contributed by atoms with van der Waals surface area (Å²) >= 11 is 0. The summed E-state index contributed by atoms with van der Waals surface area (Å²) in [6.45, 7) is 6.87. The van der Waals surface area contributed by atoms with Crippen molar-refractivity contribution in [2.45, 2.75) is 32.3 Å². The molecule has 1 aromatic rings. The van der Waals surface area contributed by atoms with E-state index in [1.165, 1.54) is 0 Å². The molecule has 0 spiro atoms. The Morgan fingerprint density at radius 1 is 1.53 bits per heavy atom. The molecule has 0 radical (unpaired) electrons. The lowest BCUT2D eigenvalue weighted by atomic mass is 10.0. The van der Waals surface area contributed by atoms with E-state index in [4.69, 9.17) is 9.47 Å². The first-order valence-electron chi connectivity index (χ1n) is 6.59. The van der Waals surface area contributed by atoms with Crippen LogP contribution in [-0.2, 0) is 17.6 Å². The third-order valence-corrected chi connectivity index (χ3v) is 3.15. The molecule has 0 aliphatic carbocycles. The highest BCUT2D eigenvalue weighted by Gasteiger charge is 2.28. The molecule has 0 amide bonds. The molecule has 1 aromatic carbocycles. The molecular weight excluding hydrogens is 244 g/mol. The fraction of sp³-hybridized carbons (Fsp3) is 0.467. The van der Waals surface area contributed by atoms with Gasteiger partial charge in [-0.15, -0.1) is 6.58 Å². The quantitative estimate of drug-likeness (QED) is 0.612. The Hall–Kier alpha value is -1.68. The highest BCUT2D eigenvalue weighted by atomic mass is 16.5. The highest BCUT2D eigenvalue weighted by Crippen LogP contribution is 2.44. The zero-order valence-corrected chi connectivity index (χ0v) is 11.2. The van der Waals surface area contributed by atoms with E-state index in [0.717, 1.165) is 12.0 Å². The number of fused-ring (bicyclic) bond motifs is 1. The van der Waals surface area contributed by atoms with Crippen LogP contribution in [0.1, 0.15) is 24.5 Å². The smallest absolute Gasteiger partial charge is 0.165 e. The second-order valence-corrected chi connectivity index (χ2v) is 4.72. The number of phenols is 2. The topological polar surface area (TPSA) is 58.9 Å². The predicted molar refractivity (Wildman–Crippen MR) is 72.9 cm³/mol. The maximum atomic E-state index is 10.1. The van der Waals surface area contributed by atoms with Crippen LogP contribution in [0.25, 0.3) is 0 Å². The third kappa shape index (κ3) is 2.84. The summed E-state index contributed by atoms with van der Waals surface area (Å²) in [6.07, 6.45) is 3.57. The molecule has 2 N–H and O–H groups in total. The van der Waals surface area contributed by atoms with E-state index < -0.39 is 0 Å². The Morgan fingerprint density at radius 3 is 3.00 bits per heavy atom. The van der Waals surface area contributed by atoms with Gasteiger partial charge >= 0.3 is 0 Å². The summed E-state index contributed by atoms with van der Waals surface area (Å²) in [5.41, 5.74) is 1.29. The summed E-state index contributed by atoms with van der Waals surface area (Å²) in [6, 6.07) is 1.66. The lowest BCUT2D eigenvalue weighted by Gasteiger charge is -2.12. The average molecular weight is 264 g/mol. The van der Waals surface area contributed by atoms with Crippen molar-refractivity contribution in [1.82, 2.24) is 0 Å². The summed E-state index contributed by atoms with van der Waals surface area (Å²) in [5.74, 6) is 0.586. The zero-order chi connectivity index (χ0) is 13.8. The zero-order valence-electron chi connectivity index (χ0n) is 11.2. The molecule has 1 heterocycles. The number of hydrogen-bond donors (Lipinski definition) is 2. The second-order valence-electron chi connectivity index (χ2n) is 4.72. The highest BCUT2D eigenvalue weighted by molar-refractivity contribution is 5.59. The molecule has 1 unspecified atom stereocenters. The standard InChI is InChI=1S/C15H20O4/c1-3-5-12-13(16)8-10-7-11(9-18-6-4-2)19-15(10)14(12)17/h3,8,11,16-17H,1,4-7,9H2,2H3. The molecule has 1 aliphatic rings. The molecule has 0 fully saturated rings. The molecule has 4 nitrogen and oxygen atoms in total. The fourth-order valence-corrected chi connectivity index (χ4v) is 2.26. The summed E-state index contributed by atoms with van der Waals surface area (Å²) in [7, 11) is 0. The van der Waals surface area contributed by atoms with Crippen molar-refractivity contribution >= 4 is 0 Å². The molecule has 104 valence electrons. The van der Waals surface area contributed by atoms with Gasteiger partial charge in [0.2, 0.25) is 0 Å². The van der Waals surface area contributed by atoms with Gasteiger partial charge in [-0.1, -0.05) is 13.0 Å². The third-order valence-electron chi connectivity index (χ3n) is 3.15. The van der Waals surface area contributed by atoms with E-state index in [9.17, 15) is 10.2 Å². The van der Waals surface area contributed by atoms with E-state index >= 15 is 0 Å². The van der Waals surface area contributed by atoms with E-state index in [1.54, 1.807) is 12.1 Å². The van der Waals surface area contributed by atoms with Gasteiger partial charge in [-0.25, -0.2) is 0 Å². The van der Waals surface area contributed by atoms with Crippen LogP contribution < -0.4 is 4.74 Å². The SMILES string of the molecule is C=CCc1c(O)cc2c(c1O)OC(COCCC)C2. The minimum absolute atomic E-state index is 0.0212.